The van der Waals surface area contributed by atoms with Crippen LogP contribution in [0.15, 0.2) is 12.2 Å². The first-order chi connectivity index (χ1) is 8.51. The van der Waals surface area contributed by atoms with E-state index in [1.54, 1.807) is 0 Å². The second kappa shape index (κ2) is 9.68. The molecule has 0 saturated heterocycles. The third-order valence-electron chi connectivity index (χ3n) is 2.69. The van der Waals surface area contributed by atoms with Gasteiger partial charge in [-0.25, -0.2) is 4.79 Å². The maximum absolute atomic E-state index is 11.7. The van der Waals surface area contributed by atoms with Crippen LogP contribution >= 0.6 is 0 Å². The Morgan fingerprint density at radius 2 is 1.83 bits per heavy atom. The van der Waals surface area contributed by atoms with Crippen LogP contribution in [0.2, 0.25) is 0 Å². The number of unbranched alkanes of at least 4 members (excludes halogenated alkanes) is 1. The van der Waals surface area contributed by atoms with Crippen molar-refractivity contribution in [2.24, 2.45) is 0 Å². The highest BCUT2D eigenvalue weighted by Gasteiger charge is 2.16. The molecule has 0 bridgehead atoms. The third kappa shape index (κ3) is 7.87. The molecule has 0 amide bonds. The first-order valence-corrected chi connectivity index (χ1v) is 6.61. The summed E-state index contributed by atoms with van der Waals surface area (Å²) in [5.74, 6) is -1.38. The minimum absolute atomic E-state index is 0.0657. The number of ether oxygens (including phenoxy) is 1. The minimum atomic E-state index is -0.931. The SMILES string of the molecule is C=C(CCC(=O)O)C(=O)OC(CCC)CCCC. The van der Waals surface area contributed by atoms with Crippen LogP contribution < -0.4 is 0 Å². The molecule has 0 radical (unpaired) electrons. The number of carbonyl (C=O) groups is 2. The topological polar surface area (TPSA) is 63.6 Å². The number of rotatable bonds is 10. The van der Waals surface area contributed by atoms with Gasteiger partial charge >= 0.3 is 11.9 Å². The van der Waals surface area contributed by atoms with Gasteiger partial charge in [-0.15, -0.1) is 0 Å². The Bertz CT molecular complexity index is 284. The highest BCUT2D eigenvalue weighted by atomic mass is 16.5. The van der Waals surface area contributed by atoms with Crippen molar-refractivity contribution >= 4 is 11.9 Å². The molecule has 1 unspecified atom stereocenters. The second-order valence-corrected chi connectivity index (χ2v) is 4.46. The Hall–Kier alpha value is -1.32. The first-order valence-electron chi connectivity index (χ1n) is 6.61. The minimum Gasteiger partial charge on any atom is -0.481 e. The summed E-state index contributed by atoms with van der Waals surface area (Å²) in [5.41, 5.74) is 0.245. The smallest absolute Gasteiger partial charge is 0.333 e. The number of carboxylic acid groups (broad SMARTS) is 1. The zero-order chi connectivity index (χ0) is 14.0. The van der Waals surface area contributed by atoms with E-state index in [2.05, 4.69) is 13.5 Å². The number of esters is 1. The summed E-state index contributed by atoms with van der Waals surface area (Å²) in [6.07, 6.45) is 4.77. The predicted molar refractivity (Wildman–Crippen MR) is 70.3 cm³/mol. The molecule has 0 heterocycles. The molecule has 0 fully saturated rings. The summed E-state index contributed by atoms with van der Waals surface area (Å²) >= 11 is 0. The van der Waals surface area contributed by atoms with Gasteiger partial charge in [-0.1, -0.05) is 39.7 Å². The number of carbonyl (C=O) groups excluding carboxylic acids is 1. The molecular weight excluding hydrogens is 232 g/mol. The molecule has 1 N–H and O–H groups in total. The van der Waals surface area contributed by atoms with Gasteiger partial charge in [0.25, 0.3) is 0 Å². The molecule has 0 aliphatic rings. The van der Waals surface area contributed by atoms with Crippen molar-refractivity contribution in [3.63, 3.8) is 0 Å². The van der Waals surface area contributed by atoms with Crippen LogP contribution in [0, 0.1) is 0 Å². The van der Waals surface area contributed by atoms with Gasteiger partial charge in [0, 0.05) is 12.0 Å². The van der Waals surface area contributed by atoms with Gasteiger partial charge in [-0.05, 0) is 19.3 Å². The normalized spacial score (nSPS) is 11.9. The summed E-state index contributed by atoms with van der Waals surface area (Å²) in [7, 11) is 0. The highest BCUT2D eigenvalue weighted by Crippen LogP contribution is 2.14. The van der Waals surface area contributed by atoms with Gasteiger partial charge in [0.1, 0.15) is 6.10 Å². The molecule has 104 valence electrons. The molecule has 18 heavy (non-hydrogen) atoms. The maximum Gasteiger partial charge on any atom is 0.333 e. The zero-order valence-corrected chi connectivity index (χ0v) is 11.4. The molecular formula is C14H24O4. The lowest BCUT2D eigenvalue weighted by Gasteiger charge is -2.17. The van der Waals surface area contributed by atoms with E-state index in [0.717, 1.165) is 32.1 Å². The van der Waals surface area contributed by atoms with Gasteiger partial charge in [-0.2, -0.15) is 0 Å². The van der Waals surface area contributed by atoms with E-state index >= 15 is 0 Å². The van der Waals surface area contributed by atoms with Gasteiger partial charge < -0.3 is 9.84 Å². The Balaban J connectivity index is 4.13. The largest absolute Gasteiger partial charge is 0.481 e. The van der Waals surface area contributed by atoms with E-state index in [1.807, 2.05) is 6.92 Å². The van der Waals surface area contributed by atoms with Crippen LogP contribution in [-0.4, -0.2) is 23.1 Å². The van der Waals surface area contributed by atoms with E-state index in [4.69, 9.17) is 9.84 Å². The number of hydrogen-bond acceptors (Lipinski definition) is 3. The molecule has 0 aliphatic carbocycles. The lowest BCUT2D eigenvalue weighted by Crippen LogP contribution is -2.19. The van der Waals surface area contributed by atoms with Crippen molar-refractivity contribution in [2.75, 3.05) is 0 Å². The summed E-state index contributed by atoms with van der Waals surface area (Å²) < 4.78 is 5.36. The molecule has 1 atom stereocenters. The van der Waals surface area contributed by atoms with Crippen molar-refractivity contribution in [1.29, 1.82) is 0 Å². The molecule has 0 saturated carbocycles. The van der Waals surface area contributed by atoms with E-state index in [0.29, 0.717) is 0 Å². The van der Waals surface area contributed by atoms with Gasteiger partial charge in [0.2, 0.25) is 0 Å². The average molecular weight is 256 g/mol. The van der Waals surface area contributed by atoms with E-state index in [1.165, 1.54) is 0 Å². The number of carboxylic acids is 1. The quantitative estimate of drug-likeness (QED) is 0.481. The third-order valence-corrected chi connectivity index (χ3v) is 2.69. The second-order valence-electron chi connectivity index (χ2n) is 4.46. The van der Waals surface area contributed by atoms with Crippen molar-refractivity contribution < 1.29 is 19.4 Å². The van der Waals surface area contributed by atoms with Crippen molar-refractivity contribution in [1.82, 2.24) is 0 Å². The molecule has 0 rings (SSSR count). The Morgan fingerprint density at radius 3 is 2.33 bits per heavy atom. The van der Waals surface area contributed by atoms with Crippen LogP contribution in [-0.2, 0) is 14.3 Å². The fourth-order valence-corrected chi connectivity index (χ4v) is 1.61. The summed E-state index contributed by atoms with van der Waals surface area (Å²) in [6, 6.07) is 0. The predicted octanol–water partition coefficient (Wildman–Crippen LogP) is 3.31. The summed E-state index contributed by atoms with van der Waals surface area (Å²) in [4.78, 5) is 22.1. The van der Waals surface area contributed by atoms with Crippen molar-refractivity contribution in [3.05, 3.63) is 12.2 Å². The fourth-order valence-electron chi connectivity index (χ4n) is 1.61. The van der Waals surface area contributed by atoms with Crippen LogP contribution in [0.1, 0.15) is 58.8 Å². The zero-order valence-electron chi connectivity index (χ0n) is 11.4. The molecule has 0 aromatic carbocycles. The van der Waals surface area contributed by atoms with Crippen LogP contribution in [0.4, 0.5) is 0 Å². The number of aliphatic carboxylic acids is 1. The summed E-state index contributed by atoms with van der Waals surface area (Å²) in [5, 5.41) is 8.53. The van der Waals surface area contributed by atoms with Gasteiger partial charge in [0.05, 0.1) is 0 Å². The highest BCUT2D eigenvalue weighted by molar-refractivity contribution is 5.88. The maximum atomic E-state index is 11.7. The molecule has 4 heteroatoms. The number of hydrogen-bond donors (Lipinski definition) is 1. The van der Waals surface area contributed by atoms with Crippen molar-refractivity contribution in [3.8, 4) is 0 Å². The van der Waals surface area contributed by atoms with Crippen LogP contribution in [0.5, 0.6) is 0 Å². The van der Waals surface area contributed by atoms with Crippen molar-refractivity contribution in [2.45, 2.75) is 64.9 Å². The van der Waals surface area contributed by atoms with E-state index in [9.17, 15) is 9.59 Å². The van der Waals surface area contributed by atoms with Crippen LogP contribution in [0.25, 0.3) is 0 Å². The van der Waals surface area contributed by atoms with E-state index in [-0.39, 0.29) is 24.5 Å². The van der Waals surface area contributed by atoms with Crippen LogP contribution in [0.3, 0.4) is 0 Å². The standard InChI is InChI=1S/C14H24O4/c1-4-6-8-12(7-5-2)18-14(17)11(3)9-10-13(15)16/h12H,3-10H2,1-2H3,(H,15,16). The molecule has 4 nitrogen and oxygen atoms in total. The monoisotopic (exact) mass is 256 g/mol. The summed E-state index contributed by atoms with van der Waals surface area (Å²) in [6.45, 7) is 7.72. The lowest BCUT2D eigenvalue weighted by molar-refractivity contribution is -0.145. The Morgan fingerprint density at radius 1 is 1.17 bits per heavy atom. The Kier molecular flexibility index (Phi) is 8.97. The molecule has 0 aromatic heterocycles. The Labute approximate surface area is 109 Å². The first kappa shape index (κ1) is 16.7. The fraction of sp³-hybridized carbons (Fsp3) is 0.714. The molecule has 0 aromatic rings. The molecule has 0 aliphatic heterocycles. The molecule has 0 spiro atoms. The average Bonchev–Trinajstić information content (AvgIpc) is 2.33. The van der Waals surface area contributed by atoms with Gasteiger partial charge in [-0.3, -0.25) is 4.79 Å². The van der Waals surface area contributed by atoms with E-state index < -0.39 is 11.9 Å². The van der Waals surface area contributed by atoms with Gasteiger partial charge in [0.15, 0.2) is 0 Å². The lowest BCUT2D eigenvalue weighted by atomic mass is 10.1.